The maximum absolute atomic E-state index is 12.5. The summed E-state index contributed by atoms with van der Waals surface area (Å²) in [4.78, 5) is 12.5. The Morgan fingerprint density at radius 2 is 1.89 bits per heavy atom. The lowest BCUT2D eigenvalue weighted by Crippen LogP contribution is -2.15. The highest BCUT2D eigenvalue weighted by Gasteiger charge is 2.23. The molecule has 0 aliphatic carbocycles. The lowest BCUT2D eigenvalue weighted by Gasteiger charge is -2.13. The van der Waals surface area contributed by atoms with Crippen LogP contribution in [0, 0.1) is 0 Å². The van der Waals surface area contributed by atoms with Crippen LogP contribution in [0.25, 0.3) is 22.4 Å². The highest BCUT2D eigenvalue weighted by Crippen LogP contribution is 2.28. The summed E-state index contributed by atoms with van der Waals surface area (Å²) >= 11 is 4.98. The van der Waals surface area contributed by atoms with E-state index >= 15 is 0 Å². The molecule has 27 heavy (non-hydrogen) atoms. The minimum absolute atomic E-state index is 0.342. The molecule has 4 aromatic rings. The van der Waals surface area contributed by atoms with Crippen molar-refractivity contribution in [3.05, 3.63) is 75.1 Å². The summed E-state index contributed by atoms with van der Waals surface area (Å²) in [6.07, 6.45) is 0. The van der Waals surface area contributed by atoms with Crippen molar-refractivity contribution in [2.24, 2.45) is 5.10 Å². The van der Waals surface area contributed by atoms with Crippen molar-refractivity contribution in [1.82, 2.24) is 14.9 Å². The number of aromatic nitrogens is 3. The first-order valence-electron chi connectivity index (χ1n) is 8.14. The zero-order valence-corrected chi connectivity index (χ0v) is 16.2. The van der Waals surface area contributed by atoms with Crippen LogP contribution in [-0.2, 0) is 0 Å². The molecule has 1 aliphatic heterocycles. The number of halogens is 1. The van der Waals surface area contributed by atoms with Crippen molar-refractivity contribution in [2.45, 2.75) is 5.16 Å². The lowest BCUT2D eigenvalue weighted by molar-refractivity contribution is 0.562. The summed E-state index contributed by atoms with van der Waals surface area (Å²) in [6.45, 7) is 0. The van der Waals surface area contributed by atoms with Crippen LogP contribution in [-0.4, -0.2) is 26.3 Å². The lowest BCUT2D eigenvalue weighted by atomic mass is 10.1. The van der Waals surface area contributed by atoms with Crippen LogP contribution in [0.5, 0.6) is 0 Å². The zero-order valence-electron chi connectivity index (χ0n) is 13.8. The molecule has 2 aromatic heterocycles. The minimum atomic E-state index is -0.458. The van der Waals surface area contributed by atoms with Gasteiger partial charge in [0.1, 0.15) is 11.1 Å². The van der Waals surface area contributed by atoms with Crippen LogP contribution in [0.2, 0.25) is 0 Å². The Bertz CT molecular complexity index is 1260. The fourth-order valence-corrected chi connectivity index (χ4v) is 4.00. The van der Waals surface area contributed by atoms with Gasteiger partial charge in [-0.05, 0) is 29.8 Å². The fraction of sp³-hybridized carbons (Fsp3) is 0.0526. The van der Waals surface area contributed by atoms with E-state index in [0.717, 1.165) is 21.1 Å². The molecule has 0 saturated carbocycles. The van der Waals surface area contributed by atoms with Crippen LogP contribution in [0.15, 0.2) is 78.5 Å². The number of benzene rings is 2. The number of hydrogen-bond acceptors (Lipinski definition) is 6. The third kappa shape index (κ3) is 2.90. The van der Waals surface area contributed by atoms with Gasteiger partial charge in [-0.1, -0.05) is 58.0 Å². The van der Waals surface area contributed by atoms with E-state index in [1.807, 2.05) is 42.5 Å². The van der Waals surface area contributed by atoms with Crippen molar-refractivity contribution in [1.29, 1.82) is 0 Å². The Labute approximate surface area is 166 Å². The fourth-order valence-electron chi connectivity index (χ4n) is 2.90. The van der Waals surface area contributed by atoms with E-state index in [4.69, 9.17) is 9.52 Å². The van der Waals surface area contributed by atoms with Crippen molar-refractivity contribution in [3.63, 3.8) is 0 Å². The van der Waals surface area contributed by atoms with Gasteiger partial charge in [-0.15, -0.1) is 10.2 Å². The molecule has 1 aliphatic rings. The van der Waals surface area contributed by atoms with Crippen LogP contribution in [0.3, 0.4) is 0 Å². The number of thioether (sulfide) groups is 1. The first kappa shape index (κ1) is 16.5. The summed E-state index contributed by atoms with van der Waals surface area (Å²) in [6, 6.07) is 17.1. The Hall–Kier alpha value is -2.71. The van der Waals surface area contributed by atoms with Gasteiger partial charge in [0.15, 0.2) is 5.82 Å². The average molecular weight is 439 g/mol. The molecule has 2 aromatic carbocycles. The van der Waals surface area contributed by atoms with E-state index in [9.17, 15) is 4.79 Å². The molecule has 0 radical (unpaired) electrons. The van der Waals surface area contributed by atoms with Crippen molar-refractivity contribution >= 4 is 44.4 Å². The number of rotatable bonds is 2. The van der Waals surface area contributed by atoms with Gasteiger partial charge in [-0.2, -0.15) is 9.78 Å². The maximum atomic E-state index is 12.5. The largest absolute Gasteiger partial charge is 0.422 e. The smallest absolute Gasteiger partial charge is 0.347 e. The molecule has 6 nitrogen and oxygen atoms in total. The Balaban J connectivity index is 1.66. The molecule has 3 heterocycles. The molecule has 0 fully saturated rings. The SMILES string of the molecule is O=c1oc2ccccc2cc1-c1nnc2n1N=C(c1ccc(Br)cc1)CS2. The summed E-state index contributed by atoms with van der Waals surface area (Å²) in [5.74, 6) is 1.07. The van der Waals surface area contributed by atoms with Crippen molar-refractivity contribution in [2.75, 3.05) is 5.75 Å². The van der Waals surface area contributed by atoms with Gasteiger partial charge in [0.2, 0.25) is 5.16 Å². The first-order valence-corrected chi connectivity index (χ1v) is 9.92. The number of nitrogens with zero attached hydrogens (tertiary/aromatic N) is 4. The predicted octanol–water partition coefficient (Wildman–Crippen LogP) is 4.17. The summed E-state index contributed by atoms with van der Waals surface area (Å²) in [7, 11) is 0. The minimum Gasteiger partial charge on any atom is -0.422 e. The van der Waals surface area contributed by atoms with E-state index in [1.54, 1.807) is 16.8 Å². The summed E-state index contributed by atoms with van der Waals surface area (Å²) < 4.78 is 8.06. The molecule has 0 N–H and O–H groups in total. The standard InChI is InChI=1S/C19H11BrN4O2S/c20-13-7-5-11(6-8-13)15-10-27-19-22-21-17(24(19)23-15)14-9-12-3-1-2-4-16(12)26-18(14)25/h1-9H,10H2. The monoisotopic (exact) mass is 438 g/mol. The van der Waals surface area contributed by atoms with E-state index < -0.39 is 5.63 Å². The van der Waals surface area contributed by atoms with E-state index in [-0.39, 0.29) is 0 Å². The van der Waals surface area contributed by atoms with Crippen LogP contribution in [0.1, 0.15) is 5.56 Å². The number of para-hydroxylation sites is 1. The van der Waals surface area contributed by atoms with Gasteiger partial charge in [0.25, 0.3) is 0 Å². The molecule has 132 valence electrons. The van der Waals surface area contributed by atoms with Gasteiger partial charge in [-0.3, -0.25) is 0 Å². The second kappa shape index (κ2) is 6.47. The second-order valence-corrected chi connectivity index (χ2v) is 7.80. The van der Waals surface area contributed by atoms with E-state index in [0.29, 0.717) is 27.9 Å². The van der Waals surface area contributed by atoms with Gasteiger partial charge in [-0.25, -0.2) is 4.79 Å². The molecule has 5 rings (SSSR count). The molecule has 0 bridgehead atoms. The molecule has 0 unspecified atom stereocenters. The zero-order chi connectivity index (χ0) is 18.4. The topological polar surface area (TPSA) is 73.3 Å². The van der Waals surface area contributed by atoms with Gasteiger partial charge < -0.3 is 4.42 Å². The third-order valence-electron chi connectivity index (χ3n) is 4.23. The van der Waals surface area contributed by atoms with E-state index in [2.05, 4.69) is 26.1 Å². The van der Waals surface area contributed by atoms with Crippen LogP contribution < -0.4 is 5.63 Å². The second-order valence-electron chi connectivity index (χ2n) is 5.95. The Morgan fingerprint density at radius 1 is 1.07 bits per heavy atom. The Kier molecular flexibility index (Phi) is 3.95. The molecule has 0 spiro atoms. The van der Waals surface area contributed by atoms with Gasteiger partial charge in [0, 0.05) is 15.6 Å². The normalized spacial score (nSPS) is 13.4. The third-order valence-corrected chi connectivity index (χ3v) is 5.69. The summed E-state index contributed by atoms with van der Waals surface area (Å²) in [5, 5.41) is 14.5. The Morgan fingerprint density at radius 3 is 2.74 bits per heavy atom. The average Bonchev–Trinajstić information content (AvgIpc) is 3.11. The number of hydrogen-bond donors (Lipinski definition) is 0. The van der Waals surface area contributed by atoms with Gasteiger partial charge in [0.05, 0.1) is 5.71 Å². The predicted molar refractivity (Wildman–Crippen MR) is 108 cm³/mol. The first-order chi connectivity index (χ1) is 13.2. The van der Waals surface area contributed by atoms with Crippen molar-refractivity contribution < 1.29 is 4.42 Å². The molecule has 0 saturated heterocycles. The highest BCUT2D eigenvalue weighted by molar-refractivity contribution is 9.10. The highest BCUT2D eigenvalue weighted by atomic mass is 79.9. The van der Waals surface area contributed by atoms with E-state index in [1.165, 1.54) is 11.8 Å². The molecule has 0 atom stereocenters. The summed E-state index contributed by atoms with van der Waals surface area (Å²) in [5.41, 5.74) is 2.33. The molecular formula is C19H11BrN4O2S. The quantitative estimate of drug-likeness (QED) is 0.439. The van der Waals surface area contributed by atoms with Crippen molar-refractivity contribution in [3.8, 4) is 11.4 Å². The number of fused-ring (bicyclic) bond motifs is 2. The van der Waals surface area contributed by atoms with Crippen LogP contribution >= 0.6 is 27.7 Å². The molecular weight excluding hydrogens is 428 g/mol. The molecule has 0 amide bonds. The molecule has 8 heteroatoms. The van der Waals surface area contributed by atoms with Crippen LogP contribution in [0.4, 0.5) is 0 Å². The van der Waals surface area contributed by atoms with Gasteiger partial charge >= 0.3 is 5.63 Å². The maximum Gasteiger partial charge on any atom is 0.347 e.